The van der Waals surface area contributed by atoms with E-state index in [-0.39, 0.29) is 5.28 Å². The van der Waals surface area contributed by atoms with E-state index >= 15 is 0 Å². The SMILES string of the molecule is Clc1nc(-c2ccc(-c3ccccc3)cc2)nc(-c2cccc3sc4ccccc4c23)n1. The Bertz CT molecular complexity index is 1570. The number of rotatable bonds is 3. The molecule has 0 bridgehead atoms. The molecular weight excluding hydrogens is 434 g/mol. The van der Waals surface area contributed by atoms with Gasteiger partial charge in [0.1, 0.15) is 0 Å². The third-order valence-corrected chi connectivity index (χ3v) is 6.81. The molecule has 0 N–H and O–H groups in total. The molecule has 0 aliphatic carbocycles. The van der Waals surface area contributed by atoms with Gasteiger partial charge >= 0.3 is 0 Å². The predicted molar refractivity (Wildman–Crippen MR) is 134 cm³/mol. The Balaban J connectivity index is 1.48. The van der Waals surface area contributed by atoms with E-state index in [1.807, 2.05) is 36.4 Å². The van der Waals surface area contributed by atoms with Crippen molar-refractivity contribution in [2.24, 2.45) is 0 Å². The molecule has 0 amide bonds. The Morgan fingerprint density at radius 1 is 0.531 bits per heavy atom. The summed E-state index contributed by atoms with van der Waals surface area (Å²) in [5, 5.41) is 2.54. The van der Waals surface area contributed by atoms with E-state index in [1.54, 1.807) is 11.3 Å². The standard InChI is InChI=1S/C27H16ClN3S/c28-27-30-25(19-15-13-18(14-16-19)17-7-2-1-3-8-17)29-26(31-27)21-10-6-12-23-24(21)20-9-4-5-11-22(20)32-23/h1-16H. The van der Waals surface area contributed by atoms with Crippen LogP contribution >= 0.6 is 22.9 Å². The van der Waals surface area contributed by atoms with Gasteiger partial charge in [-0.2, -0.15) is 9.97 Å². The fraction of sp³-hybridized carbons (Fsp3) is 0. The van der Waals surface area contributed by atoms with Gasteiger partial charge in [-0.05, 0) is 34.9 Å². The Kier molecular flexibility index (Phi) is 4.67. The molecule has 2 heterocycles. The maximum absolute atomic E-state index is 6.36. The summed E-state index contributed by atoms with van der Waals surface area (Å²) in [7, 11) is 0. The number of aromatic nitrogens is 3. The van der Waals surface area contributed by atoms with E-state index in [0.717, 1.165) is 22.1 Å². The third kappa shape index (κ3) is 3.34. The fourth-order valence-corrected chi connectivity index (χ4v) is 5.30. The molecule has 0 saturated heterocycles. The van der Waals surface area contributed by atoms with Crippen molar-refractivity contribution in [2.75, 3.05) is 0 Å². The molecule has 0 atom stereocenters. The van der Waals surface area contributed by atoms with Crippen LogP contribution in [0.1, 0.15) is 0 Å². The number of nitrogens with zero attached hydrogens (tertiary/aromatic N) is 3. The lowest BCUT2D eigenvalue weighted by Crippen LogP contribution is -1.97. The summed E-state index contributed by atoms with van der Waals surface area (Å²) in [5.74, 6) is 1.15. The third-order valence-electron chi connectivity index (χ3n) is 5.50. The Morgan fingerprint density at radius 3 is 2.03 bits per heavy atom. The van der Waals surface area contributed by atoms with E-state index in [2.05, 4.69) is 70.6 Å². The highest BCUT2D eigenvalue weighted by molar-refractivity contribution is 7.25. The lowest BCUT2D eigenvalue weighted by atomic mass is 10.0. The summed E-state index contributed by atoms with van der Waals surface area (Å²) >= 11 is 8.13. The van der Waals surface area contributed by atoms with Crippen LogP contribution in [0, 0.1) is 0 Å². The summed E-state index contributed by atoms with van der Waals surface area (Å²) in [6, 6.07) is 33.1. The molecule has 6 aromatic rings. The molecule has 0 saturated carbocycles. The molecule has 0 aliphatic rings. The number of benzene rings is 4. The van der Waals surface area contributed by atoms with Crippen LogP contribution in [0.2, 0.25) is 5.28 Å². The zero-order chi connectivity index (χ0) is 21.5. The molecule has 6 rings (SSSR count). The van der Waals surface area contributed by atoms with Crippen molar-refractivity contribution in [3.63, 3.8) is 0 Å². The maximum Gasteiger partial charge on any atom is 0.226 e. The second-order valence-electron chi connectivity index (χ2n) is 7.47. The monoisotopic (exact) mass is 449 g/mol. The topological polar surface area (TPSA) is 38.7 Å². The van der Waals surface area contributed by atoms with E-state index in [1.165, 1.54) is 20.3 Å². The van der Waals surface area contributed by atoms with Crippen LogP contribution in [0.15, 0.2) is 97.1 Å². The van der Waals surface area contributed by atoms with Gasteiger partial charge in [-0.25, -0.2) is 4.98 Å². The summed E-state index contributed by atoms with van der Waals surface area (Å²) in [4.78, 5) is 13.7. The summed E-state index contributed by atoms with van der Waals surface area (Å²) < 4.78 is 2.45. The zero-order valence-electron chi connectivity index (χ0n) is 16.9. The predicted octanol–water partition coefficient (Wildman–Crippen LogP) is 7.89. The first-order chi connectivity index (χ1) is 15.8. The molecule has 4 aromatic carbocycles. The quantitative estimate of drug-likeness (QED) is 0.275. The van der Waals surface area contributed by atoms with E-state index in [4.69, 9.17) is 16.6 Å². The molecule has 3 nitrogen and oxygen atoms in total. The molecule has 0 aliphatic heterocycles. The molecule has 152 valence electrons. The minimum Gasteiger partial charge on any atom is -0.208 e. The van der Waals surface area contributed by atoms with Gasteiger partial charge < -0.3 is 0 Å². The largest absolute Gasteiger partial charge is 0.226 e. The van der Waals surface area contributed by atoms with Crippen molar-refractivity contribution < 1.29 is 0 Å². The first-order valence-electron chi connectivity index (χ1n) is 10.2. The van der Waals surface area contributed by atoms with Crippen molar-refractivity contribution in [3.05, 3.63) is 102 Å². The molecule has 0 unspecified atom stereocenters. The average molecular weight is 450 g/mol. The maximum atomic E-state index is 6.36. The molecular formula is C27H16ClN3S. The number of fused-ring (bicyclic) bond motifs is 3. The van der Waals surface area contributed by atoms with Crippen LogP contribution in [-0.4, -0.2) is 15.0 Å². The molecule has 0 spiro atoms. The van der Waals surface area contributed by atoms with E-state index < -0.39 is 0 Å². The lowest BCUT2D eigenvalue weighted by Gasteiger charge is -2.07. The molecule has 32 heavy (non-hydrogen) atoms. The van der Waals surface area contributed by atoms with Crippen LogP contribution in [0.3, 0.4) is 0 Å². The van der Waals surface area contributed by atoms with Crippen molar-refractivity contribution in [1.82, 2.24) is 15.0 Å². The van der Waals surface area contributed by atoms with Gasteiger partial charge in [-0.3, -0.25) is 0 Å². The number of hydrogen-bond acceptors (Lipinski definition) is 4. The minimum absolute atomic E-state index is 0.189. The van der Waals surface area contributed by atoms with Crippen LogP contribution < -0.4 is 0 Å². The normalized spacial score (nSPS) is 11.3. The first-order valence-corrected chi connectivity index (χ1v) is 11.4. The average Bonchev–Trinajstić information content (AvgIpc) is 3.23. The summed E-state index contributed by atoms with van der Waals surface area (Å²) in [5.41, 5.74) is 4.18. The van der Waals surface area contributed by atoms with Gasteiger partial charge in [-0.1, -0.05) is 84.9 Å². The van der Waals surface area contributed by atoms with Gasteiger partial charge in [0.25, 0.3) is 0 Å². The van der Waals surface area contributed by atoms with E-state index in [0.29, 0.717) is 11.6 Å². The van der Waals surface area contributed by atoms with Gasteiger partial charge in [0.05, 0.1) is 0 Å². The van der Waals surface area contributed by atoms with E-state index in [9.17, 15) is 0 Å². The summed E-state index contributed by atoms with van der Waals surface area (Å²) in [6.45, 7) is 0. The Labute approximate surface area is 194 Å². The van der Waals surface area contributed by atoms with Gasteiger partial charge in [-0.15, -0.1) is 11.3 Å². The highest BCUT2D eigenvalue weighted by Crippen LogP contribution is 2.39. The number of thiophene rings is 1. The van der Waals surface area contributed by atoms with Gasteiger partial charge in [0, 0.05) is 31.3 Å². The Morgan fingerprint density at radius 2 is 1.19 bits per heavy atom. The van der Waals surface area contributed by atoms with Crippen molar-refractivity contribution in [1.29, 1.82) is 0 Å². The highest BCUT2D eigenvalue weighted by atomic mass is 35.5. The van der Waals surface area contributed by atoms with Crippen molar-refractivity contribution in [2.45, 2.75) is 0 Å². The molecule has 2 aromatic heterocycles. The minimum atomic E-state index is 0.189. The molecule has 0 fully saturated rings. The highest BCUT2D eigenvalue weighted by Gasteiger charge is 2.15. The van der Waals surface area contributed by atoms with Crippen molar-refractivity contribution in [3.8, 4) is 33.9 Å². The smallest absolute Gasteiger partial charge is 0.208 e. The van der Waals surface area contributed by atoms with Crippen LogP contribution in [0.25, 0.3) is 54.1 Å². The zero-order valence-corrected chi connectivity index (χ0v) is 18.4. The fourth-order valence-electron chi connectivity index (χ4n) is 4.00. The second-order valence-corrected chi connectivity index (χ2v) is 8.89. The van der Waals surface area contributed by atoms with Crippen molar-refractivity contribution >= 4 is 43.1 Å². The lowest BCUT2D eigenvalue weighted by molar-refractivity contribution is 1.07. The van der Waals surface area contributed by atoms with Gasteiger partial charge in [0.2, 0.25) is 5.28 Å². The Hall–Kier alpha value is -3.60. The number of halogens is 1. The summed E-state index contributed by atoms with van der Waals surface area (Å²) in [6.07, 6.45) is 0. The molecule has 0 radical (unpaired) electrons. The van der Waals surface area contributed by atoms with Gasteiger partial charge in [0.15, 0.2) is 11.6 Å². The van der Waals surface area contributed by atoms with Crippen LogP contribution in [0.4, 0.5) is 0 Å². The van der Waals surface area contributed by atoms with Crippen LogP contribution in [0.5, 0.6) is 0 Å². The van der Waals surface area contributed by atoms with Crippen LogP contribution in [-0.2, 0) is 0 Å². The molecule has 5 heteroatoms. The number of hydrogen-bond donors (Lipinski definition) is 0. The second kappa shape index (κ2) is 7.83. The first kappa shape index (κ1) is 19.1.